The maximum atomic E-state index is 11.2. The lowest BCUT2D eigenvalue weighted by molar-refractivity contribution is -0.141. The summed E-state index contributed by atoms with van der Waals surface area (Å²) in [5.41, 5.74) is 4.84. The van der Waals surface area contributed by atoms with Gasteiger partial charge in [0.05, 0.1) is 18.7 Å². The van der Waals surface area contributed by atoms with Crippen LogP contribution in [0.2, 0.25) is 0 Å². The Bertz CT molecular complexity index is 690. The molecule has 0 bridgehead atoms. The molecule has 0 amide bonds. The summed E-state index contributed by atoms with van der Waals surface area (Å²) in [6, 6.07) is 7.54. The van der Waals surface area contributed by atoms with E-state index in [0.29, 0.717) is 12.4 Å². The van der Waals surface area contributed by atoms with Crippen molar-refractivity contribution in [2.24, 2.45) is 5.73 Å². The number of aromatic nitrogens is 1. The van der Waals surface area contributed by atoms with E-state index in [9.17, 15) is 4.79 Å². The molecule has 0 fully saturated rings. The van der Waals surface area contributed by atoms with Crippen LogP contribution in [0, 0.1) is 12.3 Å². The molecule has 0 aliphatic heterocycles. The fourth-order valence-corrected chi connectivity index (χ4v) is 2.06. The Morgan fingerprint density at radius 3 is 2.76 bits per heavy atom. The monoisotopic (exact) mass is 352 g/mol. The molecule has 1 atom stereocenters. The van der Waals surface area contributed by atoms with Gasteiger partial charge in [0.15, 0.2) is 5.54 Å². The third-order valence-electron chi connectivity index (χ3n) is 3.11. The summed E-state index contributed by atoms with van der Waals surface area (Å²) in [7, 11) is 0. The van der Waals surface area contributed by atoms with E-state index >= 15 is 0 Å². The minimum Gasteiger partial charge on any atom is -0.492 e. The number of benzene rings is 1. The van der Waals surface area contributed by atoms with E-state index in [4.69, 9.17) is 22.0 Å². The molecule has 0 aliphatic carbocycles. The van der Waals surface area contributed by atoms with Gasteiger partial charge in [-0.3, -0.25) is 0 Å². The van der Waals surface area contributed by atoms with Gasteiger partial charge < -0.3 is 20.1 Å². The number of para-hydroxylation sites is 1. The number of halogens is 1. The lowest BCUT2D eigenvalue weighted by Crippen LogP contribution is -2.50. The van der Waals surface area contributed by atoms with Crippen molar-refractivity contribution in [2.45, 2.75) is 19.0 Å². The van der Waals surface area contributed by atoms with E-state index in [1.165, 1.54) is 0 Å². The first-order valence-electron chi connectivity index (χ1n) is 6.22. The van der Waals surface area contributed by atoms with Gasteiger partial charge in [-0.15, -0.1) is 23.4 Å². The van der Waals surface area contributed by atoms with Gasteiger partial charge in [0.2, 0.25) is 0 Å². The molecule has 0 radical (unpaired) electrons. The smallest absolute Gasteiger partial charge is 0.338 e. The molecule has 0 saturated carbocycles. The minimum atomic E-state index is -1.74. The van der Waals surface area contributed by atoms with Crippen molar-refractivity contribution in [3.05, 3.63) is 30.5 Å². The van der Waals surface area contributed by atoms with Crippen LogP contribution in [-0.2, 0) is 11.3 Å². The summed E-state index contributed by atoms with van der Waals surface area (Å²) in [4.78, 5) is 11.2. The normalized spacial score (nSPS) is 13.0. The molecular formula is C15H17BrN2O3. The minimum absolute atomic E-state index is 0. The highest BCUT2D eigenvalue weighted by molar-refractivity contribution is 8.93. The number of hydrogen-bond acceptors (Lipinski definition) is 3. The van der Waals surface area contributed by atoms with Crippen molar-refractivity contribution in [2.75, 3.05) is 6.61 Å². The van der Waals surface area contributed by atoms with Crippen molar-refractivity contribution >= 4 is 33.9 Å². The lowest BCUT2D eigenvalue weighted by atomic mass is 10.0. The van der Waals surface area contributed by atoms with Crippen LogP contribution in [0.4, 0.5) is 0 Å². The fraction of sp³-hybridized carbons (Fsp3) is 0.267. The number of fused-ring (bicyclic) bond motifs is 1. The summed E-state index contributed by atoms with van der Waals surface area (Å²) >= 11 is 0. The number of terminal acetylenes is 1. The highest BCUT2D eigenvalue weighted by Gasteiger charge is 2.32. The number of hydrogen-bond donors (Lipinski definition) is 2. The van der Waals surface area contributed by atoms with E-state index < -0.39 is 11.5 Å². The van der Waals surface area contributed by atoms with E-state index in [0.717, 1.165) is 10.9 Å². The average Bonchev–Trinajstić information content (AvgIpc) is 2.77. The fourth-order valence-electron chi connectivity index (χ4n) is 2.06. The van der Waals surface area contributed by atoms with Crippen LogP contribution in [0.5, 0.6) is 5.75 Å². The molecule has 2 rings (SSSR count). The Balaban J connectivity index is 0.00000220. The molecule has 0 aliphatic rings. The summed E-state index contributed by atoms with van der Waals surface area (Å²) < 4.78 is 7.26. The van der Waals surface area contributed by atoms with Crippen LogP contribution >= 0.6 is 17.0 Å². The number of ether oxygens (including phenoxy) is 1. The molecule has 0 spiro atoms. The first-order valence-corrected chi connectivity index (χ1v) is 6.22. The van der Waals surface area contributed by atoms with E-state index in [1.807, 2.05) is 31.2 Å². The van der Waals surface area contributed by atoms with Crippen LogP contribution in [-0.4, -0.2) is 27.8 Å². The molecule has 3 N–H and O–H groups in total. The van der Waals surface area contributed by atoms with Gasteiger partial charge in [-0.2, -0.15) is 0 Å². The molecule has 6 heteroatoms. The summed E-state index contributed by atoms with van der Waals surface area (Å²) in [5.74, 6) is 1.61. The predicted octanol–water partition coefficient (Wildman–Crippen LogP) is 2.03. The number of nitrogens with zero attached hydrogens (tertiary/aromatic N) is 1. The average molecular weight is 353 g/mol. The topological polar surface area (TPSA) is 77.5 Å². The second-order valence-electron chi connectivity index (χ2n) is 4.49. The molecule has 2 aromatic rings. The second-order valence-corrected chi connectivity index (χ2v) is 4.49. The van der Waals surface area contributed by atoms with Crippen LogP contribution in [0.15, 0.2) is 30.5 Å². The molecule has 1 aromatic heterocycles. The van der Waals surface area contributed by atoms with Gasteiger partial charge in [0.25, 0.3) is 0 Å². The van der Waals surface area contributed by atoms with Gasteiger partial charge in [-0.05, 0) is 19.1 Å². The molecule has 21 heavy (non-hydrogen) atoms. The van der Waals surface area contributed by atoms with Gasteiger partial charge in [-0.25, -0.2) is 4.79 Å². The maximum absolute atomic E-state index is 11.2. The molecule has 0 saturated heterocycles. The first kappa shape index (κ1) is 17.1. The Kier molecular flexibility index (Phi) is 5.41. The number of nitrogens with two attached hydrogens (primary N) is 1. The Labute approximate surface area is 133 Å². The largest absolute Gasteiger partial charge is 0.492 e. The maximum Gasteiger partial charge on any atom is 0.338 e. The number of carbonyl (C=O) groups is 1. The van der Waals surface area contributed by atoms with Crippen molar-refractivity contribution in [3.8, 4) is 18.1 Å². The molecule has 5 nitrogen and oxygen atoms in total. The number of carboxylic acids is 1. The summed E-state index contributed by atoms with van der Waals surface area (Å²) in [6.07, 6.45) is 7.00. The molecule has 1 aromatic carbocycles. The Morgan fingerprint density at radius 2 is 2.19 bits per heavy atom. The van der Waals surface area contributed by atoms with Gasteiger partial charge in [-0.1, -0.05) is 18.1 Å². The highest BCUT2D eigenvalue weighted by Crippen LogP contribution is 2.28. The highest BCUT2D eigenvalue weighted by atomic mass is 79.9. The van der Waals surface area contributed by atoms with Gasteiger partial charge >= 0.3 is 5.97 Å². The lowest BCUT2D eigenvalue weighted by Gasteiger charge is -2.19. The molecule has 112 valence electrons. The van der Waals surface area contributed by atoms with E-state index in [-0.39, 0.29) is 23.5 Å². The van der Waals surface area contributed by atoms with E-state index in [1.54, 1.807) is 10.8 Å². The van der Waals surface area contributed by atoms with Crippen LogP contribution in [0.25, 0.3) is 10.9 Å². The van der Waals surface area contributed by atoms with Crippen molar-refractivity contribution in [1.29, 1.82) is 0 Å². The zero-order chi connectivity index (χ0) is 14.8. The van der Waals surface area contributed by atoms with Gasteiger partial charge in [0, 0.05) is 11.6 Å². The van der Waals surface area contributed by atoms with Crippen molar-refractivity contribution < 1.29 is 14.6 Å². The quantitative estimate of drug-likeness (QED) is 0.807. The van der Waals surface area contributed by atoms with Crippen molar-refractivity contribution in [1.82, 2.24) is 4.57 Å². The zero-order valence-corrected chi connectivity index (χ0v) is 13.3. The number of carboxylic acid groups (broad SMARTS) is 1. The van der Waals surface area contributed by atoms with Gasteiger partial charge in [0.1, 0.15) is 5.75 Å². The Hall–Kier alpha value is -1.97. The summed E-state index contributed by atoms with van der Waals surface area (Å²) in [5, 5.41) is 10.1. The SMILES string of the molecule is Br.C#CC(N)(Cn1cc(OCC)c2ccccc21)C(=O)O. The summed E-state index contributed by atoms with van der Waals surface area (Å²) in [6.45, 7) is 2.39. The predicted molar refractivity (Wildman–Crippen MR) is 86.8 cm³/mol. The number of aliphatic carboxylic acids is 1. The second kappa shape index (κ2) is 6.66. The Morgan fingerprint density at radius 1 is 1.52 bits per heavy atom. The zero-order valence-electron chi connectivity index (χ0n) is 11.6. The van der Waals surface area contributed by atoms with E-state index in [2.05, 4.69) is 5.92 Å². The van der Waals surface area contributed by atoms with Crippen molar-refractivity contribution in [3.63, 3.8) is 0 Å². The third-order valence-corrected chi connectivity index (χ3v) is 3.11. The van der Waals surface area contributed by atoms with Crippen LogP contribution in [0.1, 0.15) is 6.92 Å². The third kappa shape index (κ3) is 3.20. The molecule has 1 heterocycles. The first-order chi connectivity index (χ1) is 9.51. The van der Waals surface area contributed by atoms with Crippen LogP contribution in [0.3, 0.4) is 0 Å². The number of rotatable bonds is 5. The van der Waals surface area contributed by atoms with Crippen LogP contribution < -0.4 is 10.5 Å². The molecule has 1 unspecified atom stereocenters. The standard InChI is InChI=1S/C15H16N2O3.BrH/c1-3-15(16,14(18)19)10-17-9-13(20-4-2)11-7-5-6-8-12(11)17;/h1,5-9H,4,10,16H2,2H3,(H,18,19);1H. The molecular weight excluding hydrogens is 336 g/mol.